The van der Waals surface area contributed by atoms with Crippen molar-refractivity contribution in [1.29, 1.82) is 0 Å². The molecule has 3 N–H and O–H groups in total. The second-order valence-corrected chi connectivity index (χ2v) is 2.69. The molecule has 50 valence electrons. The van der Waals surface area contributed by atoms with E-state index in [1.807, 2.05) is 0 Å². The second kappa shape index (κ2) is 2.26. The van der Waals surface area contributed by atoms with Crippen LogP contribution in [0.5, 0.6) is 0 Å². The summed E-state index contributed by atoms with van der Waals surface area (Å²) >= 11 is 1.08. The van der Waals surface area contributed by atoms with E-state index >= 15 is 0 Å². The van der Waals surface area contributed by atoms with E-state index in [1.54, 1.807) is 0 Å². The Morgan fingerprint density at radius 3 is 2.78 bits per heavy atom. The van der Waals surface area contributed by atoms with E-state index in [2.05, 4.69) is 5.32 Å². The van der Waals surface area contributed by atoms with Crippen molar-refractivity contribution in [2.45, 2.75) is 6.04 Å². The molecule has 0 aromatic heterocycles. The highest BCUT2D eigenvalue weighted by molar-refractivity contribution is 8.14. The Morgan fingerprint density at radius 2 is 2.56 bits per heavy atom. The number of carbonyl (C=O) groups is 2. The van der Waals surface area contributed by atoms with Crippen LogP contribution in [-0.4, -0.2) is 22.9 Å². The normalized spacial score (nSPS) is 25.8. The third-order valence-electron chi connectivity index (χ3n) is 1.02. The molecule has 0 aromatic carbocycles. The van der Waals surface area contributed by atoms with Crippen molar-refractivity contribution in [3.05, 3.63) is 0 Å². The summed E-state index contributed by atoms with van der Waals surface area (Å²) in [6.45, 7) is 0. The van der Waals surface area contributed by atoms with Crippen LogP contribution in [0.2, 0.25) is 0 Å². The lowest BCUT2D eigenvalue weighted by atomic mass is 10.3. The number of nitrogens with two attached hydrogens (primary N) is 1. The van der Waals surface area contributed by atoms with Gasteiger partial charge in [0.05, 0.1) is 0 Å². The summed E-state index contributed by atoms with van der Waals surface area (Å²) in [5.74, 6) is 0.00194. The van der Waals surface area contributed by atoms with Gasteiger partial charge in [-0.05, 0) is 0 Å². The van der Waals surface area contributed by atoms with Gasteiger partial charge in [-0.1, -0.05) is 11.8 Å². The molecule has 1 aliphatic rings. The molecule has 1 fully saturated rings. The van der Waals surface area contributed by atoms with Gasteiger partial charge in [-0.15, -0.1) is 0 Å². The third kappa shape index (κ3) is 1.35. The molecular formula is C4H6N2O2S. The Hall–Kier alpha value is -0.710. The highest BCUT2D eigenvalue weighted by Crippen LogP contribution is 2.11. The predicted molar refractivity (Wildman–Crippen MR) is 34.0 cm³/mol. The average molecular weight is 146 g/mol. The summed E-state index contributed by atoms with van der Waals surface area (Å²) in [4.78, 5) is 20.7. The maximum absolute atomic E-state index is 10.4. The van der Waals surface area contributed by atoms with Gasteiger partial charge in [0, 0.05) is 5.75 Å². The zero-order chi connectivity index (χ0) is 6.85. The third-order valence-corrected chi connectivity index (χ3v) is 1.90. The van der Waals surface area contributed by atoms with Crippen LogP contribution in [0.4, 0.5) is 4.79 Å². The van der Waals surface area contributed by atoms with Gasteiger partial charge in [-0.25, -0.2) is 0 Å². The first-order valence-electron chi connectivity index (χ1n) is 2.43. The van der Waals surface area contributed by atoms with Crippen LogP contribution in [0.1, 0.15) is 0 Å². The fourth-order valence-corrected chi connectivity index (χ4v) is 1.33. The van der Waals surface area contributed by atoms with Crippen LogP contribution < -0.4 is 11.1 Å². The summed E-state index contributed by atoms with van der Waals surface area (Å²) in [5, 5.41) is 2.24. The maximum Gasteiger partial charge on any atom is 0.279 e. The van der Waals surface area contributed by atoms with Crippen molar-refractivity contribution in [1.82, 2.24) is 5.32 Å². The van der Waals surface area contributed by atoms with E-state index < -0.39 is 11.9 Å². The van der Waals surface area contributed by atoms with Gasteiger partial charge < -0.3 is 11.1 Å². The number of nitrogens with one attached hydrogen (secondary N) is 1. The van der Waals surface area contributed by atoms with Crippen molar-refractivity contribution in [3.63, 3.8) is 0 Å². The topological polar surface area (TPSA) is 72.2 Å². The van der Waals surface area contributed by atoms with E-state index in [4.69, 9.17) is 5.73 Å². The van der Waals surface area contributed by atoms with Crippen LogP contribution in [0.25, 0.3) is 0 Å². The minimum atomic E-state index is -0.464. The molecular weight excluding hydrogens is 140 g/mol. The minimum absolute atomic E-state index is 0.168. The standard InChI is InChI=1S/C4H6N2O2S/c5-3(7)2-1-9-4(8)6-2/h2H,1H2,(H2,5,7)(H,6,8)/t2-/m0/s1. The zero-order valence-electron chi connectivity index (χ0n) is 4.59. The fourth-order valence-electron chi connectivity index (χ4n) is 0.538. The monoisotopic (exact) mass is 146 g/mol. The summed E-state index contributed by atoms with van der Waals surface area (Å²) < 4.78 is 0. The van der Waals surface area contributed by atoms with Gasteiger partial charge in [-0.2, -0.15) is 0 Å². The summed E-state index contributed by atoms with van der Waals surface area (Å²) in [5.41, 5.74) is 4.89. The number of hydrogen-bond acceptors (Lipinski definition) is 3. The van der Waals surface area contributed by atoms with Gasteiger partial charge in [-0.3, -0.25) is 9.59 Å². The number of rotatable bonds is 1. The Morgan fingerprint density at radius 1 is 1.89 bits per heavy atom. The Balaban J connectivity index is 2.48. The van der Waals surface area contributed by atoms with Crippen molar-refractivity contribution in [3.8, 4) is 0 Å². The summed E-state index contributed by atoms with van der Waals surface area (Å²) in [6, 6.07) is -0.456. The molecule has 0 unspecified atom stereocenters. The fraction of sp³-hybridized carbons (Fsp3) is 0.500. The van der Waals surface area contributed by atoms with Crippen molar-refractivity contribution < 1.29 is 9.59 Å². The van der Waals surface area contributed by atoms with Crippen molar-refractivity contribution in [2.75, 3.05) is 5.75 Å². The van der Waals surface area contributed by atoms with Gasteiger partial charge in [0.2, 0.25) is 5.91 Å². The van der Waals surface area contributed by atoms with E-state index in [-0.39, 0.29) is 5.24 Å². The Labute approximate surface area is 56.2 Å². The van der Waals surface area contributed by atoms with Crippen LogP contribution in [-0.2, 0) is 4.79 Å². The van der Waals surface area contributed by atoms with E-state index in [9.17, 15) is 9.59 Å². The highest BCUT2D eigenvalue weighted by Gasteiger charge is 2.25. The lowest BCUT2D eigenvalue weighted by molar-refractivity contribution is -0.119. The number of carbonyl (C=O) groups excluding carboxylic acids is 2. The van der Waals surface area contributed by atoms with Gasteiger partial charge in [0.25, 0.3) is 5.24 Å². The molecule has 5 heteroatoms. The molecule has 2 amide bonds. The van der Waals surface area contributed by atoms with Crippen LogP contribution in [0.3, 0.4) is 0 Å². The number of primary amides is 1. The number of thioether (sulfide) groups is 1. The van der Waals surface area contributed by atoms with Gasteiger partial charge >= 0.3 is 0 Å². The molecule has 1 saturated heterocycles. The molecule has 0 saturated carbocycles. The second-order valence-electron chi connectivity index (χ2n) is 1.70. The van der Waals surface area contributed by atoms with E-state index in [1.165, 1.54) is 0 Å². The van der Waals surface area contributed by atoms with Gasteiger partial charge in [0.1, 0.15) is 6.04 Å². The molecule has 1 atom stereocenters. The Kier molecular flexibility index (Phi) is 1.61. The lowest BCUT2D eigenvalue weighted by Gasteiger charge is -1.99. The molecule has 9 heavy (non-hydrogen) atoms. The van der Waals surface area contributed by atoms with E-state index in [0.717, 1.165) is 11.8 Å². The molecule has 0 aromatic rings. The average Bonchev–Trinajstić information content (AvgIpc) is 2.14. The van der Waals surface area contributed by atoms with E-state index in [0.29, 0.717) is 5.75 Å². The summed E-state index contributed by atoms with van der Waals surface area (Å²) in [6.07, 6.45) is 0. The van der Waals surface area contributed by atoms with Gasteiger partial charge in [0.15, 0.2) is 0 Å². The Bertz CT molecular complexity index is 159. The quantitative estimate of drug-likeness (QED) is 0.513. The summed E-state index contributed by atoms with van der Waals surface area (Å²) in [7, 11) is 0. The molecule has 0 bridgehead atoms. The molecule has 0 radical (unpaired) electrons. The lowest BCUT2D eigenvalue weighted by Crippen LogP contribution is -2.39. The van der Waals surface area contributed by atoms with Crippen LogP contribution in [0, 0.1) is 0 Å². The first-order chi connectivity index (χ1) is 4.20. The van der Waals surface area contributed by atoms with Crippen LogP contribution >= 0.6 is 11.8 Å². The zero-order valence-corrected chi connectivity index (χ0v) is 5.40. The molecule has 4 nitrogen and oxygen atoms in total. The molecule has 1 aliphatic heterocycles. The first kappa shape index (κ1) is 6.41. The number of amides is 2. The first-order valence-corrected chi connectivity index (χ1v) is 3.41. The maximum atomic E-state index is 10.4. The predicted octanol–water partition coefficient (Wildman–Crippen LogP) is -0.703. The van der Waals surface area contributed by atoms with Crippen molar-refractivity contribution >= 4 is 22.9 Å². The molecule has 1 rings (SSSR count). The SMILES string of the molecule is NC(=O)[C@@H]1CSC(=O)N1. The molecule has 0 spiro atoms. The minimum Gasteiger partial charge on any atom is -0.368 e. The molecule has 0 aliphatic carbocycles. The largest absolute Gasteiger partial charge is 0.368 e. The van der Waals surface area contributed by atoms with Crippen LogP contribution in [0.15, 0.2) is 0 Å². The highest BCUT2D eigenvalue weighted by atomic mass is 32.2. The smallest absolute Gasteiger partial charge is 0.279 e. The number of hydrogen-bond donors (Lipinski definition) is 2. The van der Waals surface area contributed by atoms with Crippen molar-refractivity contribution in [2.24, 2.45) is 5.73 Å². The molecule has 1 heterocycles.